The topological polar surface area (TPSA) is 79.7 Å². The molecule has 0 aromatic carbocycles. The maximum atomic E-state index is 12.9. The Morgan fingerprint density at radius 2 is 1.74 bits per heavy atom. The number of carbonyl (C=O) groups excluding carboxylic acids is 2. The van der Waals surface area contributed by atoms with Crippen LogP contribution in [0, 0.1) is 29.1 Å². The molecule has 3 amide bonds. The third kappa shape index (κ3) is 4.84. The molecule has 7 heteroatoms. The molecule has 4 rings (SSSR count). The smallest absolute Gasteiger partial charge is 0.319 e. The fourth-order valence-electron chi connectivity index (χ4n) is 6.82. The van der Waals surface area contributed by atoms with Crippen molar-refractivity contribution >= 4 is 11.9 Å². The number of fused-ring (bicyclic) bond motifs is 1. The van der Waals surface area contributed by atoms with Gasteiger partial charge in [-0.1, -0.05) is 32.1 Å². The Kier molecular flexibility index (Phi) is 6.76. The molecule has 2 aliphatic heterocycles. The summed E-state index contributed by atoms with van der Waals surface area (Å²) in [7, 11) is 3.65. The minimum Gasteiger partial charge on any atom is -0.331 e. The minimum absolute atomic E-state index is 0.00210. The average molecular weight is 430 g/mol. The second kappa shape index (κ2) is 9.36. The SMILES string of the molecule is CN(C)C(=O)N1C[C@@H]2CC(CC3CCCCC3)(NCC(=O)N3CCC[C@H]3C#N)C[C@@H]2C1. The van der Waals surface area contributed by atoms with Crippen molar-refractivity contribution in [3.05, 3.63) is 0 Å². The molecule has 1 unspecified atom stereocenters. The molecular weight excluding hydrogens is 390 g/mol. The summed E-state index contributed by atoms with van der Waals surface area (Å²) < 4.78 is 0. The molecule has 0 bridgehead atoms. The van der Waals surface area contributed by atoms with E-state index in [0.29, 0.717) is 24.9 Å². The van der Waals surface area contributed by atoms with E-state index in [9.17, 15) is 14.9 Å². The van der Waals surface area contributed by atoms with E-state index in [1.807, 2.05) is 19.0 Å². The molecular formula is C24H39N5O2. The van der Waals surface area contributed by atoms with Gasteiger partial charge in [0.05, 0.1) is 12.6 Å². The van der Waals surface area contributed by atoms with Crippen LogP contribution in [0.15, 0.2) is 0 Å². The van der Waals surface area contributed by atoms with E-state index in [1.54, 1.807) is 9.80 Å². The van der Waals surface area contributed by atoms with E-state index in [2.05, 4.69) is 11.4 Å². The Morgan fingerprint density at radius 3 is 2.35 bits per heavy atom. The van der Waals surface area contributed by atoms with Gasteiger partial charge in [0.1, 0.15) is 6.04 Å². The summed E-state index contributed by atoms with van der Waals surface area (Å²) in [6.45, 7) is 2.73. The van der Waals surface area contributed by atoms with Gasteiger partial charge in [-0.05, 0) is 49.9 Å². The zero-order chi connectivity index (χ0) is 22.0. The van der Waals surface area contributed by atoms with Crippen molar-refractivity contribution < 1.29 is 9.59 Å². The first kappa shape index (κ1) is 22.4. The number of amides is 3. The lowest BCUT2D eigenvalue weighted by Gasteiger charge is -2.38. The highest BCUT2D eigenvalue weighted by molar-refractivity contribution is 5.79. The minimum atomic E-state index is -0.253. The third-order valence-corrected chi connectivity index (χ3v) is 8.28. The summed E-state index contributed by atoms with van der Waals surface area (Å²) in [4.78, 5) is 30.8. The molecule has 4 aliphatic rings. The molecule has 7 nitrogen and oxygen atoms in total. The van der Waals surface area contributed by atoms with Crippen molar-refractivity contribution in [2.24, 2.45) is 17.8 Å². The summed E-state index contributed by atoms with van der Waals surface area (Å²) in [5.41, 5.74) is 0.00210. The second-order valence-electron chi connectivity index (χ2n) is 10.7. The number of rotatable bonds is 5. The lowest BCUT2D eigenvalue weighted by Crippen LogP contribution is -2.51. The number of likely N-dealkylation sites (tertiary alicyclic amines) is 2. The highest BCUT2D eigenvalue weighted by Gasteiger charge is 2.50. The quantitative estimate of drug-likeness (QED) is 0.729. The van der Waals surface area contributed by atoms with Gasteiger partial charge < -0.3 is 20.0 Å². The first-order valence-electron chi connectivity index (χ1n) is 12.3. The first-order valence-corrected chi connectivity index (χ1v) is 12.3. The predicted molar refractivity (Wildman–Crippen MR) is 119 cm³/mol. The fraction of sp³-hybridized carbons (Fsp3) is 0.875. The number of hydrogen-bond acceptors (Lipinski definition) is 4. The molecule has 4 atom stereocenters. The highest BCUT2D eigenvalue weighted by Crippen LogP contribution is 2.48. The number of carbonyl (C=O) groups is 2. The van der Waals surface area contributed by atoms with Gasteiger partial charge >= 0.3 is 6.03 Å². The molecule has 2 heterocycles. The molecule has 2 saturated carbocycles. The predicted octanol–water partition coefficient (Wildman–Crippen LogP) is 2.82. The molecule has 1 N–H and O–H groups in total. The van der Waals surface area contributed by atoms with E-state index in [4.69, 9.17) is 0 Å². The second-order valence-corrected chi connectivity index (χ2v) is 10.7. The molecule has 0 radical (unpaired) electrons. The number of nitriles is 1. The summed E-state index contributed by atoms with van der Waals surface area (Å²) in [5.74, 6) is 1.87. The van der Waals surface area contributed by atoms with Crippen LogP contribution in [0.1, 0.15) is 64.2 Å². The molecule has 4 fully saturated rings. The van der Waals surface area contributed by atoms with Crippen LogP contribution in [0.4, 0.5) is 4.79 Å². The van der Waals surface area contributed by atoms with Gasteiger partial charge in [0.2, 0.25) is 5.91 Å². The van der Waals surface area contributed by atoms with Crippen LogP contribution >= 0.6 is 0 Å². The Bertz CT molecular complexity index is 697. The van der Waals surface area contributed by atoms with Gasteiger partial charge in [-0.2, -0.15) is 5.26 Å². The van der Waals surface area contributed by atoms with E-state index < -0.39 is 0 Å². The lowest BCUT2D eigenvalue weighted by molar-refractivity contribution is -0.130. The van der Waals surface area contributed by atoms with Crippen LogP contribution in [-0.2, 0) is 4.79 Å². The van der Waals surface area contributed by atoms with Crippen molar-refractivity contribution in [3.8, 4) is 6.07 Å². The van der Waals surface area contributed by atoms with Crippen LogP contribution < -0.4 is 5.32 Å². The summed E-state index contributed by atoms with van der Waals surface area (Å²) >= 11 is 0. The fourth-order valence-corrected chi connectivity index (χ4v) is 6.82. The number of urea groups is 1. The Balaban J connectivity index is 1.41. The molecule has 172 valence electrons. The number of hydrogen-bond donors (Lipinski definition) is 1. The Labute approximate surface area is 187 Å². The van der Waals surface area contributed by atoms with Crippen LogP contribution in [0.2, 0.25) is 0 Å². The van der Waals surface area contributed by atoms with Gasteiger partial charge in [-0.25, -0.2) is 4.79 Å². The standard InChI is InChI=1S/C24H39N5O2/c1-27(2)23(31)28-16-19-12-24(13-20(19)17-28,11-18-7-4-3-5-8-18)26-15-22(30)29-10-6-9-21(29)14-25/h18-21,26H,3-13,15-17H2,1-2H3/t19-,20+,21-,24?/m0/s1. The molecule has 0 spiro atoms. The Hall–Kier alpha value is -1.81. The van der Waals surface area contributed by atoms with Crippen LogP contribution in [0.5, 0.6) is 0 Å². The zero-order valence-corrected chi connectivity index (χ0v) is 19.3. The summed E-state index contributed by atoms with van der Waals surface area (Å²) in [6.07, 6.45) is 11.6. The maximum absolute atomic E-state index is 12.9. The van der Waals surface area contributed by atoms with Crippen LogP contribution in [0.25, 0.3) is 0 Å². The molecule has 31 heavy (non-hydrogen) atoms. The largest absolute Gasteiger partial charge is 0.331 e. The van der Waals surface area contributed by atoms with Crippen molar-refractivity contribution in [2.45, 2.75) is 75.8 Å². The third-order valence-electron chi connectivity index (χ3n) is 8.28. The van der Waals surface area contributed by atoms with E-state index >= 15 is 0 Å². The highest BCUT2D eigenvalue weighted by atomic mass is 16.2. The normalized spacial score (nSPS) is 33.4. The van der Waals surface area contributed by atoms with Crippen LogP contribution in [0.3, 0.4) is 0 Å². The van der Waals surface area contributed by atoms with Gasteiger partial charge in [0.15, 0.2) is 0 Å². The van der Waals surface area contributed by atoms with Crippen LogP contribution in [-0.4, -0.2) is 78.5 Å². The van der Waals surface area contributed by atoms with Crippen molar-refractivity contribution in [3.63, 3.8) is 0 Å². The molecule has 2 aliphatic carbocycles. The monoisotopic (exact) mass is 429 g/mol. The van der Waals surface area contributed by atoms with Crippen molar-refractivity contribution in [2.75, 3.05) is 40.3 Å². The lowest BCUT2D eigenvalue weighted by atomic mass is 9.77. The summed E-state index contributed by atoms with van der Waals surface area (Å²) in [6, 6.07) is 2.16. The first-order chi connectivity index (χ1) is 14.9. The average Bonchev–Trinajstić information content (AvgIpc) is 3.46. The number of nitrogens with one attached hydrogen (secondary N) is 1. The van der Waals surface area contributed by atoms with Gasteiger partial charge in [-0.3, -0.25) is 4.79 Å². The van der Waals surface area contributed by atoms with Gasteiger partial charge in [-0.15, -0.1) is 0 Å². The molecule has 0 aromatic rings. The van der Waals surface area contributed by atoms with Gasteiger partial charge in [0.25, 0.3) is 0 Å². The molecule has 0 aromatic heterocycles. The Morgan fingerprint density at radius 1 is 1.06 bits per heavy atom. The zero-order valence-electron chi connectivity index (χ0n) is 19.3. The molecule has 2 saturated heterocycles. The maximum Gasteiger partial charge on any atom is 0.319 e. The number of nitrogens with zero attached hydrogens (tertiary/aromatic N) is 4. The van der Waals surface area contributed by atoms with Gasteiger partial charge in [0, 0.05) is 39.3 Å². The van der Waals surface area contributed by atoms with E-state index in [1.165, 1.54) is 32.1 Å². The van der Waals surface area contributed by atoms with E-state index in [-0.39, 0.29) is 23.5 Å². The van der Waals surface area contributed by atoms with Crippen molar-refractivity contribution in [1.82, 2.24) is 20.0 Å². The van der Waals surface area contributed by atoms with E-state index in [0.717, 1.165) is 51.1 Å². The summed E-state index contributed by atoms with van der Waals surface area (Å²) in [5, 5.41) is 13.1. The van der Waals surface area contributed by atoms with Crippen molar-refractivity contribution in [1.29, 1.82) is 5.26 Å².